The van der Waals surface area contributed by atoms with Crippen molar-refractivity contribution in [2.24, 2.45) is 5.73 Å². The number of benzene rings is 1. The lowest BCUT2D eigenvalue weighted by molar-refractivity contribution is -0.119. The fourth-order valence-corrected chi connectivity index (χ4v) is 2.48. The third-order valence-corrected chi connectivity index (χ3v) is 3.75. The van der Waals surface area contributed by atoms with Crippen molar-refractivity contribution in [2.75, 3.05) is 0 Å². The van der Waals surface area contributed by atoms with Crippen molar-refractivity contribution >= 4 is 15.9 Å². The number of nitrogens with one attached hydrogen (secondary N) is 1. The second-order valence-corrected chi connectivity index (χ2v) is 5.89. The molecule has 0 aliphatic rings. The lowest BCUT2D eigenvalue weighted by Gasteiger charge is -2.07. The van der Waals surface area contributed by atoms with Crippen molar-refractivity contribution in [3.8, 4) is 0 Å². The molecule has 1 aromatic carbocycles. The fourth-order valence-electron chi connectivity index (χ4n) is 1.44. The second kappa shape index (κ2) is 6.51. The molecule has 3 N–H and O–H groups in total. The fraction of sp³-hybridized carbons (Fsp3) is 0.417. The van der Waals surface area contributed by atoms with Crippen LogP contribution in [0.1, 0.15) is 26.2 Å². The number of hydrogen-bond donors (Lipinski definition) is 2. The summed E-state index contributed by atoms with van der Waals surface area (Å²) in [5.74, 6) is -0.500. The third kappa shape index (κ3) is 4.85. The molecule has 100 valence electrons. The number of carbonyl (C=O) groups is 1. The van der Waals surface area contributed by atoms with Crippen molar-refractivity contribution < 1.29 is 13.2 Å². The molecule has 0 heterocycles. The van der Waals surface area contributed by atoms with Gasteiger partial charge in [0.2, 0.25) is 5.91 Å². The van der Waals surface area contributed by atoms with Crippen LogP contribution in [0.15, 0.2) is 35.2 Å². The summed E-state index contributed by atoms with van der Waals surface area (Å²) in [5.41, 5.74) is 5.55. The molecule has 1 amide bonds. The van der Waals surface area contributed by atoms with E-state index in [1.807, 2.05) is 11.6 Å². The van der Waals surface area contributed by atoms with Crippen molar-refractivity contribution in [1.82, 2.24) is 4.72 Å². The number of rotatable bonds is 6. The molecule has 0 aliphatic heterocycles. The first-order chi connectivity index (χ1) is 8.42. The van der Waals surface area contributed by atoms with Gasteiger partial charge in [-0.15, -0.1) is 0 Å². The molecule has 0 fully saturated rings. The lowest BCUT2D eigenvalue weighted by Crippen LogP contribution is -2.30. The van der Waals surface area contributed by atoms with Gasteiger partial charge < -0.3 is 5.73 Å². The van der Waals surface area contributed by atoms with Gasteiger partial charge in [0.25, 0.3) is 10.0 Å². The summed E-state index contributed by atoms with van der Waals surface area (Å²) < 4.78 is 25.6. The Bertz CT molecular complexity index is 483. The second-order valence-electron chi connectivity index (χ2n) is 4.21. The van der Waals surface area contributed by atoms with Crippen molar-refractivity contribution in [3.05, 3.63) is 30.3 Å². The lowest BCUT2D eigenvalue weighted by atomic mass is 10.1. The number of hydrogen-bond acceptors (Lipinski definition) is 4. The molecular formula is C12H18N2O3S. The number of sulfonamides is 1. The molecule has 1 rings (SSSR count). The van der Waals surface area contributed by atoms with Gasteiger partial charge in [0.05, 0.1) is 4.90 Å². The van der Waals surface area contributed by atoms with E-state index in [0.717, 1.165) is 0 Å². The Kier molecular flexibility index (Phi) is 5.30. The standard InChI is InChI=1S/C12H18N2O3S/c1-10(13)6-5-9-12(15)14-18(16,17)11-7-3-2-4-8-11/h2-4,7-8,10H,5-6,9,13H2,1H3,(H,14,15). The van der Waals surface area contributed by atoms with Crippen molar-refractivity contribution in [1.29, 1.82) is 0 Å². The zero-order valence-corrected chi connectivity index (χ0v) is 11.1. The maximum atomic E-state index is 11.8. The SMILES string of the molecule is CC(N)CCCC(=O)NS(=O)(=O)c1ccccc1. The van der Waals surface area contributed by atoms with Gasteiger partial charge in [-0.2, -0.15) is 0 Å². The van der Waals surface area contributed by atoms with Gasteiger partial charge in [0.1, 0.15) is 0 Å². The number of carbonyl (C=O) groups excluding carboxylic acids is 1. The molecule has 5 nitrogen and oxygen atoms in total. The molecule has 1 unspecified atom stereocenters. The van der Waals surface area contributed by atoms with Crippen molar-refractivity contribution in [3.63, 3.8) is 0 Å². The Hall–Kier alpha value is -1.40. The summed E-state index contributed by atoms with van der Waals surface area (Å²) in [6, 6.07) is 7.83. The predicted octanol–water partition coefficient (Wildman–Crippen LogP) is 1.01. The molecule has 0 radical (unpaired) electrons. The van der Waals surface area contributed by atoms with E-state index in [1.54, 1.807) is 18.2 Å². The highest BCUT2D eigenvalue weighted by Gasteiger charge is 2.16. The zero-order chi connectivity index (χ0) is 13.6. The van der Waals surface area contributed by atoms with Gasteiger partial charge in [-0.1, -0.05) is 18.2 Å². The Balaban J connectivity index is 2.54. The molecule has 0 aliphatic carbocycles. The van der Waals surface area contributed by atoms with E-state index in [9.17, 15) is 13.2 Å². The normalized spacial score (nSPS) is 13.0. The van der Waals surface area contributed by atoms with Gasteiger partial charge in [-0.3, -0.25) is 4.79 Å². The summed E-state index contributed by atoms with van der Waals surface area (Å²) in [4.78, 5) is 11.6. The van der Waals surface area contributed by atoms with E-state index in [1.165, 1.54) is 12.1 Å². The van der Waals surface area contributed by atoms with Crippen LogP contribution in [0.25, 0.3) is 0 Å². The first kappa shape index (κ1) is 14.7. The Morgan fingerprint density at radius 2 is 1.94 bits per heavy atom. The van der Waals surface area contributed by atoms with Gasteiger partial charge >= 0.3 is 0 Å². The summed E-state index contributed by atoms with van der Waals surface area (Å²) in [6.07, 6.45) is 1.43. The number of nitrogens with two attached hydrogens (primary N) is 1. The minimum Gasteiger partial charge on any atom is -0.328 e. The quantitative estimate of drug-likeness (QED) is 0.807. The maximum Gasteiger partial charge on any atom is 0.264 e. The molecule has 0 saturated heterocycles. The monoisotopic (exact) mass is 270 g/mol. The molecule has 1 aromatic rings. The van der Waals surface area contributed by atoms with E-state index >= 15 is 0 Å². The first-order valence-corrected chi connectivity index (χ1v) is 7.26. The van der Waals surface area contributed by atoms with Crippen LogP contribution >= 0.6 is 0 Å². The molecule has 0 spiro atoms. The van der Waals surface area contributed by atoms with Crippen LogP contribution in [0, 0.1) is 0 Å². The van der Waals surface area contributed by atoms with Crippen LogP contribution in [0.4, 0.5) is 0 Å². The predicted molar refractivity (Wildman–Crippen MR) is 69.3 cm³/mol. The van der Waals surface area contributed by atoms with Crippen LogP contribution in [0.5, 0.6) is 0 Å². The van der Waals surface area contributed by atoms with E-state index in [2.05, 4.69) is 0 Å². The summed E-state index contributed by atoms with van der Waals surface area (Å²) in [6.45, 7) is 1.85. The third-order valence-electron chi connectivity index (χ3n) is 2.37. The number of amides is 1. The molecule has 6 heteroatoms. The molecule has 18 heavy (non-hydrogen) atoms. The molecular weight excluding hydrogens is 252 g/mol. The van der Waals surface area contributed by atoms with E-state index in [-0.39, 0.29) is 17.4 Å². The van der Waals surface area contributed by atoms with Crippen LogP contribution < -0.4 is 10.5 Å². The van der Waals surface area contributed by atoms with E-state index in [4.69, 9.17) is 5.73 Å². The largest absolute Gasteiger partial charge is 0.328 e. The van der Waals surface area contributed by atoms with Crippen LogP contribution in [-0.2, 0) is 14.8 Å². The Morgan fingerprint density at radius 3 is 2.50 bits per heavy atom. The summed E-state index contributed by atoms with van der Waals surface area (Å²) in [5, 5.41) is 0. The average molecular weight is 270 g/mol. The molecule has 0 saturated carbocycles. The topological polar surface area (TPSA) is 89.3 Å². The van der Waals surface area contributed by atoms with Crippen LogP contribution in [-0.4, -0.2) is 20.4 Å². The summed E-state index contributed by atoms with van der Waals surface area (Å²) in [7, 11) is -3.74. The smallest absolute Gasteiger partial charge is 0.264 e. The van der Waals surface area contributed by atoms with Crippen LogP contribution in [0.3, 0.4) is 0 Å². The average Bonchev–Trinajstić information content (AvgIpc) is 2.29. The molecule has 1 atom stereocenters. The zero-order valence-electron chi connectivity index (χ0n) is 10.3. The minimum absolute atomic E-state index is 0.0172. The van der Waals surface area contributed by atoms with Gasteiger partial charge in [0.15, 0.2) is 0 Å². The molecule has 0 aromatic heterocycles. The van der Waals surface area contributed by atoms with Crippen LogP contribution in [0.2, 0.25) is 0 Å². The van der Waals surface area contributed by atoms with Gasteiger partial charge in [-0.05, 0) is 31.9 Å². The Morgan fingerprint density at radius 1 is 1.33 bits per heavy atom. The summed E-state index contributed by atoms with van der Waals surface area (Å²) >= 11 is 0. The molecule has 0 bridgehead atoms. The maximum absolute atomic E-state index is 11.8. The highest BCUT2D eigenvalue weighted by Crippen LogP contribution is 2.08. The first-order valence-electron chi connectivity index (χ1n) is 5.78. The van der Waals surface area contributed by atoms with E-state index in [0.29, 0.717) is 12.8 Å². The van der Waals surface area contributed by atoms with Crippen molar-refractivity contribution in [2.45, 2.75) is 37.1 Å². The highest BCUT2D eigenvalue weighted by atomic mass is 32.2. The Labute approximate surface area is 107 Å². The van der Waals surface area contributed by atoms with Gasteiger partial charge in [-0.25, -0.2) is 13.1 Å². The van der Waals surface area contributed by atoms with Gasteiger partial charge in [0, 0.05) is 12.5 Å². The highest BCUT2D eigenvalue weighted by molar-refractivity contribution is 7.90. The minimum atomic E-state index is -3.74. The van der Waals surface area contributed by atoms with E-state index < -0.39 is 15.9 Å².